The van der Waals surface area contributed by atoms with Gasteiger partial charge < -0.3 is 0 Å². The Labute approximate surface area is 141 Å². The third-order valence-corrected chi connectivity index (χ3v) is 4.08. The van der Waals surface area contributed by atoms with Crippen LogP contribution in [0.3, 0.4) is 0 Å². The summed E-state index contributed by atoms with van der Waals surface area (Å²) < 4.78 is 0. The molecule has 0 spiro atoms. The highest BCUT2D eigenvalue weighted by Gasteiger charge is 2.29. The van der Waals surface area contributed by atoms with Crippen molar-refractivity contribution < 1.29 is 4.79 Å². The number of pyridine rings is 1. The van der Waals surface area contributed by atoms with Gasteiger partial charge in [-0.15, -0.1) is 0 Å². The van der Waals surface area contributed by atoms with Crippen molar-refractivity contribution in [1.82, 2.24) is 21.3 Å². The number of aromatic nitrogens is 1. The number of hydrogen-bond donors (Lipinski definition) is 3. The second kappa shape index (κ2) is 7.81. The molecule has 1 fully saturated rings. The van der Waals surface area contributed by atoms with Gasteiger partial charge in [0.1, 0.15) is 6.04 Å². The van der Waals surface area contributed by atoms with Crippen molar-refractivity contribution in [3.63, 3.8) is 0 Å². The molecule has 0 saturated carbocycles. The molecule has 2 heterocycles. The zero-order valence-electron chi connectivity index (χ0n) is 13.6. The van der Waals surface area contributed by atoms with E-state index in [-0.39, 0.29) is 18.0 Å². The summed E-state index contributed by atoms with van der Waals surface area (Å²) in [6, 6.07) is 12.0. The van der Waals surface area contributed by atoms with Gasteiger partial charge in [-0.2, -0.15) is 5.10 Å². The van der Waals surface area contributed by atoms with Crippen molar-refractivity contribution in [2.75, 3.05) is 0 Å². The minimum absolute atomic E-state index is 0.119. The molecule has 2 atom stereocenters. The molecule has 0 radical (unpaired) electrons. The summed E-state index contributed by atoms with van der Waals surface area (Å²) in [5.41, 5.74) is 12.1. The van der Waals surface area contributed by atoms with Gasteiger partial charge in [0.05, 0.1) is 6.21 Å². The van der Waals surface area contributed by atoms with Crippen molar-refractivity contribution in [2.45, 2.75) is 31.8 Å². The van der Waals surface area contributed by atoms with E-state index in [1.807, 2.05) is 12.1 Å². The maximum absolute atomic E-state index is 12.2. The third kappa shape index (κ3) is 4.04. The van der Waals surface area contributed by atoms with Gasteiger partial charge in [0, 0.05) is 24.0 Å². The van der Waals surface area contributed by atoms with Crippen molar-refractivity contribution in [3.05, 3.63) is 65.5 Å². The number of rotatable bonds is 5. The quantitative estimate of drug-likeness (QED) is 0.578. The number of amides is 1. The Morgan fingerprint density at radius 1 is 1.33 bits per heavy atom. The minimum atomic E-state index is -0.313. The Balaban J connectivity index is 1.53. The summed E-state index contributed by atoms with van der Waals surface area (Å²) in [4.78, 5) is 16.2. The van der Waals surface area contributed by atoms with Crippen LogP contribution in [0.5, 0.6) is 0 Å². The molecule has 6 nitrogen and oxygen atoms in total. The second-order valence-corrected chi connectivity index (χ2v) is 5.75. The van der Waals surface area contributed by atoms with Gasteiger partial charge in [0.25, 0.3) is 5.91 Å². The van der Waals surface area contributed by atoms with Crippen molar-refractivity contribution >= 4 is 12.1 Å². The topological polar surface area (TPSA) is 78.4 Å². The molecule has 2 aromatic rings. The molecule has 0 aliphatic carbocycles. The molecule has 2 unspecified atom stereocenters. The molecular formula is C18H21N5O. The first-order chi connectivity index (χ1) is 11.8. The lowest BCUT2D eigenvalue weighted by atomic mass is 10.00. The molecule has 1 aliphatic heterocycles. The summed E-state index contributed by atoms with van der Waals surface area (Å²) in [6.45, 7) is 2.14. The molecule has 1 aromatic heterocycles. The van der Waals surface area contributed by atoms with Crippen LogP contribution >= 0.6 is 0 Å². The molecule has 3 N–H and O–H groups in total. The first-order valence-corrected chi connectivity index (χ1v) is 8.09. The summed E-state index contributed by atoms with van der Waals surface area (Å²) in [5, 5.41) is 3.97. The Morgan fingerprint density at radius 2 is 2.17 bits per heavy atom. The van der Waals surface area contributed by atoms with Crippen LogP contribution in [0.2, 0.25) is 0 Å². The molecule has 3 rings (SSSR count). The van der Waals surface area contributed by atoms with Crippen LogP contribution in [-0.4, -0.2) is 23.1 Å². The number of hydrazine groups is 1. The van der Waals surface area contributed by atoms with E-state index in [0.717, 1.165) is 12.0 Å². The normalized spacial score (nSPS) is 20.4. The fourth-order valence-electron chi connectivity index (χ4n) is 2.63. The van der Waals surface area contributed by atoms with E-state index >= 15 is 0 Å². The van der Waals surface area contributed by atoms with Crippen molar-refractivity contribution in [2.24, 2.45) is 5.10 Å². The Kier molecular flexibility index (Phi) is 5.30. The third-order valence-electron chi connectivity index (χ3n) is 4.08. The van der Waals surface area contributed by atoms with Gasteiger partial charge in [-0.05, 0) is 30.0 Å². The largest absolute Gasteiger partial charge is 0.271 e. The highest BCUT2D eigenvalue weighted by molar-refractivity contribution is 5.84. The van der Waals surface area contributed by atoms with E-state index in [0.29, 0.717) is 6.42 Å². The molecule has 124 valence electrons. The molecular weight excluding hydrogens is 302 g/mol. The zero-order valence-corrected chi connectivity index (χ0v) is 13.6. The number of hydrogen-bond acceptors (Lipinski definition) is 5. The van der Waals surface area contributed by atoms with E-state index in [2.05, 4.69) is 57.6 Å². The number of benzene rings is 1. The fraction of sp³-hybridized carbons (Fsp3) is 0.278. The van der Waals surface area contributed by atoms with E-state index in [1.165, 1.54) is 11.1 Å². The van der Waals surface area contributed by atoms with Crippen LogP contribution < -0.4 is 16.3 Å². The van der Waals surface area contributed by atoms with Crippen molar-refractivity contribution in [3.8, 4) is 0 Å². The van der Waals surface area contributed by atoms with E-state index in [4.69, 9.17) is 0 Å². The number of hydrazone groups is 1. The smallest absolute Gasteiger partial charge is 0.258 e. The first kappa shape index (κ1) is 16.3. The number of carbonyl (C=O) groups is 1. The Bertz CT molecular complexity index is 699. The molecule has 1 saturated heterocycles. The van der Waals surface area contributed by atoms with E-state index in [1.54, 1.807) is 18.6 Å². The maximum Gasteiger partial charge on any atom is 0.258 e. The number of nitrogens with zero attached hydrogens (tertiary/aromatic N) is 2. The first-order valence-electron chi connectivity index (χ1n) is 8.09. The number of nitrogens with one attached hydrogen (secondary N) is 3. The molecule has 0 bridgehead atoms. The Hall–Kier alpha value is -2.57. The van der Waals surface area contributed by atoms with E-state index in [9.17, 15) is 4.79 Å². The van der Waals surface area contributed by atoms with Crippen LogP contribution in [0.4, 0.5) is 0 Å². The van der Waals surface area contributed by atoms with Crippen LogP contribution in [-0.2, 0) is 11.2 Å². The average Bonchev–Trinajstić information content (AvgIpc) is 3.13. The van der Waals surface area contributed by atoms with Crippen LogP contribution in [0.15, 0.2) is 53.9 Å². The van der Waals surface area contributed by atoms with Gasteiger partial charge in [-0.25, -0.2) is 16.3 Å². The molecule has 24 heavy (non-hydrogen) atoms. The molecule has 1 aromatic carbocycles. The van der Waals surface area contributed by atoms with E-state index < -0.39 is 0 Å². The lowest BCUT2D eigenvalue weighted by molar-refractivity contribution is -0.122. The predicted octanol–water partition coefficient (Wildman–Crippen LogP) is 1.70. The maximum atomic E-state index is 12.2. The van der Waals surface area contributed by atoms with Gasteiger partial charge >= 0.3 is 0 Å². The molecule has 6 heteroatoms. The SMILES string of the molecule is CCc1ccc(C2CC(C(=O)N/N=C/c3cccnc3)NN2)cc1. The zero-order chi connectivity index (χ0) is 16.8. The lowest BCUT2D eigenvalue weighted by Crippen LogP contribution is -2.41. The molecule has 1 amide bonds. The Morgan fingerprint density at radius 3 is 2.88 bits per heavy atom. The second-order valence-electron chi connectivity index (χ2n) is 5.75. The van der Waals surface area contributed by atoms with Crippen molar-refractivity contribution in [1.29, 1.82) is 0 Å². The average molecular weight is 323 g/mol. The van der Waals surface area contributed by atoms with Gasteiger partial charge in [-0.1, -0.05) is 37.3 Å². The standard InChI is InChI=1S/C18H21N5O/c1-2-13-5-7-15(8-6-13)16-10-17(22-21-16)18(24)23-20-12-14-4-3-9-19-11-14/h3-9,11-12,16-17,21-22H,2,10H2,1H3,(H,23,24)/b20-12+. The summed E-state index contributed by atoms with van der Waals surface area (Å²) in [6.07, 6.45) is 6.66. The summed E-state index contributed by atoms with van der Waals surface area (Å²) >= 11 is 0. The highest BCUT2D eigenvalue weighted by atomic mass is 16.2. The lowest BCUT2D eigenvalue weighted by Gasteiger charge is -2.10. The molecule has 1 aliphatic rings. The predicted molar refractivity (Wildman–Crippen MR) is 93.2 cm³/mol. The minimum Gasteiger partial charge on any atom is -0.271 e. The van der Waals surface area contributed by atoms with Gasteiger partial charge in [0.15, 0.2) is 0 Å². The fourth-order valence-corrected chi connectivity index (χ4v) is 2.63. The van der Waals surface area contributed by atoms with Gasteiger partial charge in [-0.3, -0.25) is 9.78 Å². The van der Waals surface area contributed by atoms with Crippen LogP contribution in [0.25, 0.3) is 0 Å². The highest BCUT2D eigenvalue weighted by Crippen LogP contribution is 2.22. The van der Waals surface area contributed by atoms with Crippen LogP contribution in [0.1, 0.15) is 36.1 Å². The monoisotopic (exact) mass is 323 g/mol. The van der Waals surface area contributed by atoms with Gasteiger partial charge in [0.2, 0.25) is 0 Å². The summed E-state index contributed by atoms with van der Waals surface area (Å²) in [7, 11) is 0. The number of carbonyl (C=O) groups excluding carboxylic acids is 1. The van der Waals surface area contributed by atoms with Crippen LogP contribution in [0, 0.1) is 0 Å². The summed E-state index contributed by atoms with van der Waals surface area (Å²) in [5.74, 6) is -0.157. The number of aryl methyl sites for hydroxylation is 1.